The molecule has 1 atom stereocenters. The summed E-state index contributed by atoms with van der Waals surface area (Å²) in [4.78, 5) is 51.2. The second-order valence-electron chi connectivity index (χ2n) is 7.01. The first-order valence-electron chi connectivity index (χ1n) is 9.23. The monoisotopic (exact) mass is 766 g/mol. The Bertz CT molecular complexity index is 1240. The van der Waals surface area contributed by atoms with Crippen LogP contribution in [-0.4, -0.2) is 41.2 Å². The van der Waals surface area contributed by atoms with Gasteiger partial charge in [0.25, 0.3) is 17.7 Å². The number of carbonyl (C=O) groups excluding carboxylic acids is 4. The molecule has 1 N–H and O–H groups in total. The maximum atomic E-state index is 12.9. The minimum absolute atomic E-state index is 0.0218. The molecule has 3 rings (SSSR count). The quantitative estimate of drug-likeness (QED) is 0.161. The van der Waals surface area contributed by atoms with Crippen molar-refractivity contribution in [1.82, 2.24) is 4.90 Å². The third-order valence-corrected chi connectivity index (χ3v) is 9.87. The van der Waals surface area contributed by atoms with Crippen molar-refractivity contribution in [2.75, 3.05) is 11.9 Å². The van der Waals surface area contributed by atoms with E-state index in [0.29, 0.717) is 28.9 Å². The number of ether oxygens (including phenoxy) is 1. The van der Waals surface area contributed by atoms with Crippen molar-refractivity contribution >= 4 is 105 Å². The number of halogens is 8. The van der Waals surface area contributed by atoms with E-state index < -0.39 is 48.1 Å². The van der Waals surface area contributed by atoms with Crippen LogP contribution in [0.25, 0.3) is 0 Å². The fourth-order valence-corrected chi connectivity index (χ4v) is 5.69. The molecule has 1 unspecified atom stereocenters. The molecule has 0 fully saturated rings. The SMILES string of the molecule is CC(C(=O)OCC(=O)Nc1cc(C(F)(F)F)ccc1Cl)N1C(=O)c2c(Br)c(Br)c(Br)c(Br)c2C1=O. The number of hydrogen-bond donors (Lipinski definition) is 1. The van der Waals surface area contributed by atoms with E-state index in [2.05, 4.69) is 69.0 Å². The highest BCUT2D eigenvalue weighted by atomic mass is 79.9. The van der Waals surface area contributed by atoms with Gasteiger partial charge in [-0.25, -0.2) is 4.79 Å². The van der Waals surface area contributed by atoms with Crippen molar-refractivity contribution < 1.29 is 37.1 Å². The van der Waals surface area contributed by atoms with Gasteiger partial charge in [0.1, 0.15) is 6.04 Å². The van der Waals surface area contributed by atoms with Gasteiger partial charge in [-0.2, -0.15) is 13.2 Å². The molecule has 35 heavy (non-hydrogen) atoms. The minimum Gasteiger partial charge on any atom is -0.454 e. The number of fused-ring (bicyclic) bond motifs is 1. The molecule has 0 saturated carbocycles. The summed E-state index contributed by atoms with van der Waals surface area (Å²) in [6.07, 6.45) is -4.66. The van der Waals surface area contributed by atoms with E-state index in [0.717, 1.165) is 12.1 Å². The molecule has 0 aromatic heterocycles. The van der Waals surface area contributed by atoms with Crippen molar-refractivity contribution in [1.29, 1.82) is 0 Å². The molecule has 15 heteroatoms. The lowest BCUT2D eigenvalue weighted by atomic mass is 10.1. The Morgan fingerprint density at radius 2 is 1.54 bits per heavy atom. The number of esters is 1. The largest absolute Gasteiger partial charge is 0.454 e. The fourth-order valence-electron chi connectivity index (χ4n) is 3.06. The van der Waals surface area contributed by atoms with Gasteiger partial charge < -0.3 is 10.1 Å². The third kappa shape index (κ3) is 5.45. The maximum Gasteiger partial charge on any atom is 0.416 e. The third-order valence-electron chi connectivity index (χ3n) is 4.77. The molecule has 0 spiro atoms. The van der Waals surface area contributed by atoms with Gasteiger partial charge in [0, 0.05) is 17.9 Å². The maximum absolute atomic E-state index is 12.9. The number of anilines is 1. The van der Waals surface area contributed by atoms with Crippen LogP contribution in [0, 0.1) is 0 Å². The highest BCUT2D eigenvalue weighted by molar-refractivity contribution is 9.15. The lowest BCUT2D eigenvalue weighted by molar-refractivity contribution is -0.150. The summed E-state index contributed by atoms with van der Waals surface area (Å²) in [6, 6.07) is 0.928. The van der Waals surface area contributed by atoms with Gasteiger partial charge in [-0.1, -0.05) is 11.6 Å². The number of hydrogen-bond acceptors (Lipinski definition) is 5. The molecule has 3 amide bonds. The summed E-state index contributed by atoms with van der Waals surface area (Å²) in [7, 11) is 0. The molecule has 186 valence electrons. The first kappa shape index (κ1) is 28.1. The lowest BCUT2D eigenvalue weighted by Crippen LogP contribution is -2.44. The normalized spacial score (nSPS) is 14.1. The number of carbonyl (C=O) groups is 4. The van der Waals surface area contributed by atoms with Crippen LogP contribution in [0.2, 0.25) is 5.02 Å². The Morgan fingerprint density at radius 1 is 1.03 bits per heavy atom. The molecule has 0 bridgehead atoms. The Labute approximate surface area is 234 Å². The number of benzene rings is 2. The highest BCUT2D eigenvalue weighted by Crippen LogP contribution is 2.45. The first-order chi connectivity index (χ1) is 16.2. The second-order valence-corrected chi connectivity index (χ2v) is 10.6. The molecular weight excluding hydrogens is 760 g/mol. The van der Waals surface area contributed by atoms with E-state index in [1.807, 2.05) is 0 Å². The van der Waals surface area contributed by atoms with Gasteiger partial charge in [-0.15, -0.1) is 0 Å². The molecule has 0 saturated heterocycles. The van der Waals surface area contributed by atoms with E-state index >= 15 is 0 Å². The Kier molecular flexibility index (Phi) is 8.41. The molecular formula is C20H10Br4ClF3N2O5. The van der Waals surface area contributed by atoms with Crippen LogP contribution in [0.15, 0.2) is 36.1 Å². The zero-order chi connectivity index (χ0) is 26.4. The van der Waals surface area contributed by atoms with E-state index in [1.165, 1.54) is 6.92 Å². The van der Waals surface area contributed by atoms with Crippen LogP contribution in [-0.2, 0) is 20.5 Å². The van der Waals surface area contributed by atoms with Crippen molar-refractivity contribution in [2.45, 2.75) is 19.1 Å². The van der Waals surface area contributed by atoms with Gasteiger partial charge in [0.05, 0.1) is 27.4 Å². The van der Waals surface area contributed by atoms with Crippen LogP contribution in [0.4, 0.5) is 18.9 Å². The summed E-state index contributed by atoms with van der Waals surface area (Å²) >= 11 is 18.9. The summed E-state index contributed by atoms with van der Waals surface area (Å²) in [5.74, 6) is -3.60. The predicted molar refractivity (Wildman–Crippen MR) is 133 cm³/mol. The number of rotatable bonds is 5. The van der Waals surface area contributed by atoms with Crippen molar-refractivity contribution in [2.24, 2.45) is 0 Å². The standard InChI is InChI=1S/C20H10Br4ClF3N2O5/c1-6(30-17(32)11-12(18(30)33)14(22)16(24)15(23)13(11)21)19(34)35-5-10(31)29-9-4-7(20(26,27)28)2-3-8(9)25/h2-4,6H,5H2,1H3,(H,29,31). The predicted octanol–water partition coefficient (Wildman–Crippen LogP) is 6.58. The molecule has 0 aliphatic carbocycles. The average molecular weight is 770 g/mol. The summed E-state index contributed by atoms with van der Waals surface area (Å²) in [6.45, 7) is 0.334. The Balaban J connectivity index is 1.71. The topological polar surface area (TPSA) is 92.8 Å². The van der Waals surface area contributed by atoms with E-state index in [-0.39, 0.29) is 21.8 Å². The summed E-state index contributed by atoms with van der Waals surface area (Å²) < 4.78 is 45.1. The Morgan fingerprint density at radius 3 is 2.03 bits per heavy atom. The van der Waals surface area contributed by atoms with E-state index in [4.69, 9.17) is 16.3 Å². The second kappa shape index (κ2) is 10.5. The number of alkyl halides is 3. The number of nitrogens with zero attached hydrogens (tertiary/aromatic N) is 1. The molecule has 0 radical (unpaired) electrons. The lowest BCUT2D eigenvalue weighted by Gasteiger charge is -2.21. The fraction of sp³-hybridized carbons (Fsp3) is 0.200. The van der Waals surface area contributed by atoms with Crippen molar-refractivity contribution in [3.63, 3.8) is 0 Å². The number of imide groups is 1. The molecule has 1 aliphatic heterocycles. The number of amides is 3. The van der Waals surface area contributed by atoms with Crippen LogP contribution in [0.3, 0.4) is 0 Å². The highest BCUT2D eigenvalue weighted by Gasteiger charge is 2.45. The zero-order valence-electron chi connectivity index (χ0n) is 17.0. The van der Waals surface area contributed by atoms with Crippen LogP contribution < -0.4 is 5.32 Å². The minimum atomic E-state index is -4.66. The van der Waals surface area contributed by atoms with Crippen LogP contribution in [0.5, 0.6) is 0 Å². The van der Waals surface area contributed by atoms with Crippen molar-refractivity contribution in [3.8, 4) is 0 Å². The van der Waals surface area contributed by atoms with Crippen LogP contribution >= 0.6 is 75.3 Å². The average Bonchev–Trinajstić information content (AvgIpc) is 3.04. The first-order valence-corrected chi connectivity index (χ1v) is 12.8. The van der Waals surface area contributed by atoms with Gasteiger partial charge >= 0.3 is 12.1 Å². The van der Waals surface area contributed by atoms with Gasteiger partial charge in [0.15, 0.2) is 6.61 Å². The van der Waals surface area contributed by atoms with E-state index in [1.54, 1.807) is 0 Å². The molecule has 1 aliphatic rings. The summed E-state index contributed by atoms with van der Waals surface area (Å²) in [5.41, 5.74) is -1.33. The zero-order valence-corrected chi connectivity index (χ0v) is 24.1. The molecule has 7 nitrogen and oxygen atoms in total. The summed E-state index contributed by atoms with van der Waals surface area (Å²) in [5, 5.41) is 1.97. The van der Waals surface area contributed by atoms with E-state index in [9.17, 15) is 32.3 Å². The smallest absolute Gasteiger partial charge is 0.416 e. The van der Waals surface area contributed by atoms with Crippen molar-refractivity contribution in [3.05, 3.63) is 57.8 Å². The number of nitrogens with one attached hydrogen (secondary N) is 1. The molecule has 2 aromatic carbocycles. The molecule has 1 heterocycles. The molecule has 2 aromatic rings. The van der Waals surface area contributed by atoms with Gasteiger partial charge in [-0.3, -0.25) is 19.3 Å². The van der Waals surface area contributed by atoms with Gasteiger partial charge in [-0.05, 0) is 88.8 Å². The van der Waals surface area contributed by atoms with Gasteiger partial charge in [0.2, 0.25) is 0 Å². The van der Waals surface area contributed by atoms with Crippen LogP contribution in [0.1, 0.15) is 33.2 Å². The Hall–Kier alpha value is -1.48.